The van der Waals surface area contributed by atoms with Crippen LogP contribution in [0.2, 0.25) is 0 Å². The zero-order chi connectivity index (χ0) is 7.94. The van der Waals surface area contributed by atoms with Crippen LogP contribution in [0.5, 0.6) is 0 Å². The van der Waals surface area contributed by atoms with E-state index in [1.54, 1.807) is 0 Å². The second-order valence-corrected chi connectivity index (χ2v) is 3.06. The first-order valence-electron chi connectivity index (χ1n) is 4.48. The van der Waals surface area contributed by atoms with E-state index in [4.69, 9.17) is 5.11 Å². The molecule has 3 nitrogen and oxygen atoms in total. The summed E-state index contributed by atoms with van der Waals surface area (Å²) in [5.41, 5.74) is 0. The van der Waals surface area contributed by atoms with Gasteiger partial charge in [-0.3, -0.25) is 0 Å². The van der Waals surface area contributed by atoms with E-state index in [0.29, 0.717) is 6.04 Å². The largest absolute Gasteiger partial charge is 0.395 e. The summed E-state index contributed by atoms with van der Waals surface area (Å²) in [7, 11) is 0. The number of hydrogen-bond acceptors (Lipinski definition) is 3. The summed E-state index contributed by atoms with van der Waals surface area (Å²) in [5, 5.41) is 15.3. The van der Waals surface area contributed by atoms with Crippen LogP contribution >= 0.6 is 0 Å². The van der Waals surface area contributed by atoms with Crippen molar-refractivity contribution in [3.63, 3.8) is 0 Å². The van der Waals surface area contributed by atoms with Crippen LogP contribution in [0.25, 0.3) is 0 Å². The summed E-state index contributed by atoms with van der Waals surface area (Å²) in [6.07, 6.45) is 3.69. The summed E-state index contributed by atoms with van der Waals surface area (Å²) in [6.45, 7) is 3.26. The standard InChI is InChI=1S/C8H18N2O/c11-7-6-10-8-2-1-4-9-5-3-8/h8-11H,1-7H2. The summed E-state index contributed by atoms with van der Waals surface area (Å²) in [5.74, 6) is 0. The highest BCUT2D eigenvalue weighted by atomic mass is 16.3. The normalized spacial score (nSPS) is 26.5. The van der Waals surface area contributed by atoms with Gasteiger partial charge in [0, 0.05) is 12.6 Å². The molecule has 0 aromatic heterocycles. The predicted molar refractivity (Wildman–Crippen MR) is 45.6 cm³/mol. The topological polar surface area (TPSA) is 44.3 Å². The summed E-state index contributed by atoms with van der Waals surface area (Å²) >= 11 is 0. The minimum absolute atomic E-state index is 0.254. The molecule has 0 radical (unpaired) electrons. The van der Waals surface area contributed by atoms with Gasteiger partial charge in [-0.25, -0.2) is 0 Å². The Bertz CT molecular complexity index is 90.1. The Morgan fingerprint density at radius 2 is 2.27 bits per heavy atom. The minimum atomic E-state index is 0.254. The molecule has 0 aromatic carbocycles. The van der Waals surface area contributed by atoms with Crippen molar-refractivity contribution >= 4 is 0 Å². The molecule has 1 saturated heterocycles. The lowest BCUT2D eigenvalue weighted by molar-refractivity contribution is 0.281. The molecular formula is C8H18N2O. The van der Waals surface area contributed by atoms with Crippen LogP contribution in [0.1, 0.15) is 19.3 Å². The molecule has 11 heavy (non-hydrogen) atoms. The fourth-order valence-electron chi connectivity index (χ4n) is 1.49. The lowest BCUT2D eigenvalue weighted by Crippen LogP contribution is -2.32. The maximum Gasteiger partial charge on any atom is 0.0556 e. The van der Waals surface area contributed by atoms with E-state index in [2.05, 4.69) is 10.6 Å². The van der Waals surface area contributed by atoms with Gasteiger partial charge in [0.1, 0.15) is 0 Å². The summed E-state index contributed by atoms with van der Waals surface area (Å²) < 4.78 is 0. The molecular weight excluding hydrogens is 140 g/mol. The smallest absolute Gasteiger partial charge is 0.0556 e. The summed E-state index contributed by atoms with van der Waals surface area (Å²) in [6, 6.07) is 0.622. The monoisotopic (exact) mass is 158 g/mol. The van der Waals surface area contributed by atoms with E-state index in [9.17, 15) is 0 Å². The van der Waals surface area contributed by atoms with Gasteiger partial charge >= 0.3 is 0 Å². The molecule has 1 atom stereocenters. The Hall–Kier alpha value is -0.120. The number of nitrogens with one attached hydrogen (secondary N) is 2. The zero-order valence-corrected chi connectivity index (χ0v) is 6.97. The van der Waals surface area contributed by atoms with Crippen molar-refractivity contribution in [2.45, 2.75) is 25.3 Å². The third-order valence-electron chi connectivity index (χ3n) is 2.12. The van der Waals surface area contributed by atoms with Crippen LogP contribution in [-0.2, 0) is 0 Å². The van der Waals surface area contributed by atoms with E-state index in [0.717, 1.165) is 19.6 Å². The second kappa shape index (κ2) is 5.52. The first kappa shape index (κ1) is 8.97. The SMILES string of the molecule is OCCNC1CCCNCC1. The number of hydrogen-bond donors (Lipinski definition) is 3. The first-order chi connectivity index (χ1) is 5.43. The van der Waals surface area contributed by atoms with Gasteiger partial charge < -0.3 is 15.7 Å². The fourth-order valence-corrected chi connectivity index (χ4v) is 1.49. The molecule has 0 saturated carbocycles. The van der Waals surface area contributed by atoms with E-state index in [-0.39, 0.29) is 6.61 Å². The van der Waals surface area contributed by atoms with Crippen molar-refractivity contribution in [3.8, 4) is 0 Å². The van der Waals surface area contributed by atoms with Gasteiger partial charge in [0.25, 0.3) is 0 Å². The Morgan fingerprint density at radius 3 is 3.09 bits per heavy atom. The van der Waals surface area contributed by atoms with Gasteiger partial charge in [-0.05, 0) is 32.4 Å². The van der Waals surface area contributed by atoms with Crippen molar-refractivity contribution in [3.05, 3.63) is 0 Å². The van der Waals surface area contributed by atoms with Crippen LogP contribution in [0.15, 0.2) is 0 Å². The number of aliphatic hydroxyl groups is 1. The quantitative estimate of drug-likeness (QED) is 0.529. The maximum atomic E-state index is 8.59. The molecule has 0 aliphatic carbocycles. The average Bonchev–Trinajstić information content (AvgIpc) is 2.28. The first-order valence-corrected chi connectivity index (χ1v) is 4.48. The van der Waals surface area contributed by atoms with Gasteiger partial charge in [-0.2, -0.15) is 0 Å². The molecule has 1 unspecified atom stereocenters. The molecule has 1 aliphatic rings. The van der Waals surface area contributed by atoms with E-state index >= 15 is 0 Å². The molecule has 1 aliphatic heterocycles. The number of rotatable bonds is 3. The average molecular weight is 158 g/mol. The van der Waals surface area contributed by atoms with Crippen LogP contribution in [0, 0.1) is 0 Å². The van der Waals surface area contributed by atoms with E-state index < -0.39 is 0 Å². The minimum Gasteiger partial charge on any atom is -0.395 e. The second-order valence-electron chi connectivity index (χ2n) is 3.06. The van der Waals surface area contributed by atoms with Gasteiger partial charge in [-0.1, -0.05) is 0 Å². The van der Waals surface area contributed by atoms with Gasteiger partial charge in [0.15, 0.2) is 0 Å². The van der Waals surface area contributed by atoms with Crippen molar-refractivity contribution in [1.29, 1.82) is 0 Å². The highest BCUT2D eigenvalue weighted by Crippen LogP contribution is 2.03. The molecule has 66 valence electrons. The molecule has 3 N–H and O–H groups in total. The molecule has 0 aromatic rings. The van der Waals surface area contributed by atoms with Crippen LogP contribution in [0.4, 0.5) is 0 Å². The Morgan fingerprint density at radius 1 is 1.36 bits per heavy atom. The Balaban J connectivity index is 2.09. The molecule has 1 rings (SSSR count). The van der Waals surface area contributed by atoms with Crippen molar-refractivity contribution in [2.75, 3.05) is 26.2 Å². The fraction of sp³-hybridized carbons (Fsp3) is 1.00. The highest BCUT2D eigenvalue weighted by molar-refractivity contribution is 4.71. The molecule has 0 bridgehead atoms. The highest BCUT2D eigenvalue weighted by Gasteiger charge is 2.09. The molecule has 0 spiro atoms. The van der Waals surface area contributed by atoms with Gasteiger partial charge in [-0.15, -0.1) is 0 Å². The van der Waals surface area contributed by atoms with Crippen molar-refractivity contribution in [1.82, 2.24) is 10.6 Å². The predicted octanol–water partition coefficient (Wildman–Crippen LogP) is -0.290. The lowest BCUT2D eigenvalue weighted by Gasteiger charge is -2.14. The zero-order valence-electron chi connectivity index (χ0n) is 6.97. The molecule has 1 fully saturated rings. The van der Waals surface area contributed by atoms with Crippen LogP contribution in [-0.4, -0.2) is 37.4 Å². The van der Waals surface area contributed by atoms with Crippen LogP contribution < -0.4 is 10.6 Å². The number of aliphatic hydroxyl groups excluding tert-OH is 1. The van der Waals surface area contributed by atoms with Crippen molar-refractivity contribution < 1.29 is 5.11 Å². The van der Waals surface area contributed by atoms with Crippen molar-refractivity contribution in [2.24, 2.45) is 0 Å². The van der Waals surface area contributed by atoms with Gasteiger partial charge in [0.05, 0.1) is 6.61 Å². The lowest BCUT2D eigenvalue weighted by atomic mass is 10.1. The molecule has 1 heterocycles. The van der Waals surface area contributed by atoms with Crippen LogP contribution in [0.3, 0.4) is 0 Å². The van der Waals surface area contributed by atoms with E-state index in [1.807, 2.05) is 0 Å². The Labute approximate surface area is 68.2 Å². The molecule has 3 heteroatoms. The summed E-state index contributed by atoms with van der Waals surface area (Å²) in [4.78, 5) is 0. The van der Waals surface area contributed by atoms with E-state index in [1.165, 1.54) is 19.3 Å². The third kappa shape index (κ3) is 3.70. The Kier molecular flexibility index (Phi) is 4.50. The maximum absolute atomic E-state index is 8.59. The van der Waals surface area contributed by atoms with Gasteiger partial charge in [0.2, 0.25) is 0 Å². The molecule has 0 amide bonds. The third-order valence-corrected chi connectivity index (χ3v) is 2.12.